The van der Waals surface area contributed by atoms with E-state index in [-0.39, 0.29) is 18.9 Å². The highest BCUT2D eigenvalue weighted by Crippen LogP contribution is 2.36. The molecule has 0 N–H and O–H groups in total. The van der Waals surface area contributed by atoms with Crippen molar-refractivity contribution in [2.45, 2.75) is 32.8 Å². The highest BCUT2D eigenvalue weighted by Gasteiger charge is 2.32. The van der Waals surface area contributed by atoms with E-state index in [0.29, 0.717) is 11.4 Å². The standard InChI is InChI=1S/C21H24N2O4/c1-21(2,3)27-19(24)12-15-13-26-18-9-8-14(16-7-5-6-10-22-16)11-17(18)23(4)20(15)25/h5-11,15H,12-13H2,1-4H3. The average molecular weight is 368 g/mol. The van der Waals surface area contributed by atoms with E-state index >= 15 is 0 Å². The second kappa shape index (κ2) is 7.39. The molecule has 1 aromatic heterocycles. The van der Waals surface area contributed by atoms with Crippen LogP contribution in [0.5, 0.6) is 5.75 Å². The number of carbonyl (C=O) groups is 2. The Hall–Kier alpha value is -2.89. The molecule has 1 aromatic carbocycles. The molecule has 0 saturated carbocycles. The number of anilines is 1. The second-order valence-electron chi connectivity index (χ2n) is 7.59. The highest BCUT2D eigenvalue weighted by molar-refractivity contribution is 5.99. The van der Waals surface area contributed by atoms with E-state index < -0.39 is 17.5 Å². The maximum absolute atomic E-state index is 12.9. The molecule has 142 valence electrons. The minimum atomic E-state index is -0.587. The Morgan fingerprint density at radius 1 is 1.30 bits per heavy atom. The molecule has 0 radical (unpaired) electrons. The maximum Gasteiger partial charge on any atom is 0.307 e. The number of rotatable bonds is 3. The lowest BCUT2D eigenvalue weighted by Crippen LogP contribution is -2.36. The first-order chi connectivity index (χ1) is 12.7. The molecule has 0 bridgehead atoms. The molecular weight excluding hydrogens is 344 g/mol. The Morgan fingerprint density at radius 2 is 2.07 bits per heavy atom. The van der Waals surface area contributed by atoms with E-state index in [0.717, 1.165) is 11.3 Å². The van der Waals surface area contributed by atoms with Gasteiger partial charge in [-0.1, -0.05) is 6.07 Å². The third-order valence-electron chi connectivity index (χ3n) is 4.23. The van der Waals surface area contributed by atoms with Crippen LogP contribution in [0.3, 0.4) is 0 Å². The predicted octanol–water partition coefficient (Wildman–Crippen LogP) is 3.45. The van der Waals surface area contributed by atoms with Crippen LogP contribution in [-0.4, -0.2) is 36.1 Å². The lowest BCUT2D eigenvalue weighted by molar-refractivity contribution is -0.157. The van der Waals surface area contributed by atoms with Gasteiger partial charge < -0.3 is 14.4 Å². The Kier molecular flexibility index (Phi) is 5.17. The fourth-order valence-corrected chi connectivity index (χ4v) is 2.98. The number of ether oxygens (including phenoxy) is 2. The molecule has 27 heavy (non-hydrogen) atoms. The summed E-state index contributed by atoms with van der Waals surface area (Å²) in [6, 6.07) is 11.3. The van der Waals surface area contributed by atoms with Gasteiger partial charge in [-0.15, -0.1) is 0 Å². The number of aromatic nitrogens is 1. The molecule has 1 atom stereocenters. The number of amides is 1. The fourth-order valence-electron chi connectivity index (χ4n) is 2.98. The summed E-state index contributed by atoms with van der Waals surface area (Å²) in [5, 5.41) is 0. The molecule has 0 aliphatic carbocycles. The van der Waals surface area contributed by atoms with Crippen LogP contribution >= 0.6 is 0 Å². The van der Waals surface area contributed by atoms with E-state index in [2.05, 4.69) is 4.98 Å². The number of fused-ring (bicyclic) bond motifs is 1. The molecule has 3 rings (SSSR count). The van der Waals surface area contributed by atoms with Gasteiger partial charge in [0.15, 0.2) is 0 Å². The molecule has 6 heteroatoms. The summed E-state index contributed by atoms with van der Waals surface area (Å²) < 4.78 is 11.2. The van der Waals surface area contributed by atoms with Crippen LogP contribution in [-0.2, 0) is 14.3 Å². The molecule has 6 nitrogen and oxygen atoms in total. The topological polar surface area (TPSA) is 68.7 Å². The third kappa shape index (κ3) is 4.45. The Balaban J connectivity index is 1.82. The van der Waals surface area contributed by atoms with Crippen molar-refractivity contribution in [3.05, 3.63) is 42.6 Å². The van der Waals surface area contributed by atoms with Crippen LogP contribution < -0.4 is 9.64 Å². The molecule has 2 aromatic rings. The van der Waals surface area contributed by atoms with Crippen molar-refractivity contribution in [2.75, 3.05) is 18.6 Å². The monoisotopic (exact) mass is 368 g/mol. The lowest BCUT2D eigenvalue weighted by Gasteiger charge is -2.22. The summed E-state index contributed by atoms with van der Waals surface area (Å²) in [7, 11) is 1.69. The first-order valence-corrected chi connectivity index (χ1v) is 8.92. The van der Waals surface area contributed by atoms with Crippen molar-refractivity contribution in [3.8, 4) is 17.0 Å². The molecule has 1 unspecified atom stereocenters. The molecular formula is C21H24N2O4. The Labute approximate surface area is 159 Å². The number of hydrogen-bond acceptors (Lipinski definition) is 5. The summed E-state index contributed by atoms with van der Waals surface area (Å²) >= 11 is 0. The average Bonchev–Trinajstić information content (AvgIpc) is 2.73. The minimum Gasteiger partial charge on any atom is -0.491 e. The van der Waals surface area contributed by atoms with Gasteiger partial charge in [-0.2, -0.15) is 0 Å². The number of esters is 1. The summed E-state index contributed by atoms with van der Waals surface area (Å²) in [5.74, 6) is -0.552. The van der Waals surface area contributed by atoms with Crippen LogP contribution in [0.1, 0.15) is 27.2 Å². The number of benzene rings is 1. The van der Waals surface area contributed by atoms with Gasteiger partial charge in [0.05, 0.1) is 23.7 Å². The van der Waals surface area contributed by atoms with Gasteiger partial charge >= 0.3 is 5.97 Å². The Morgan fingerprint density at radius 3 is 2.74 bits per heavy atom. The van der Waals surface area contributed by atoms with Crippen molar-refractivity contribution in [3.63, 3.8) is 0 Å². The normalized spacial score (nSPS) is 17.0. The van der Waals surface area contributed by atoms with Crippen molar-refractivity contribution in [1.82, 2.24) is 4.98 Å². The third-order valence-corrected chi connectivity index (χ3v) is 4.23. The number of pyridine rings is 1. The van der Waals surface area contributed by atoms with Gasteiger partial charge in [0, 0.05) is 18.8 Å². The van der Waals surface area contributed by atoms with E-state index in [9.17, 15) is 9.59 Å². The van der Waals surface area contributed by atoms with E-state index in [1.807, 2.05) is 36.4 Å². The van der Waals surface area contributed by atoms with E-state index in [1.165, 1.54) is 0 Å². The number of carbonyl (C=O) groups excluding carboxylic acids is 2. The molecule has 0 spiro atoms. The first-order valence-electron chi connectivity index (χ1n) is 8.92. The van der Waals surface area contributed by atoms with Gasteiger partial charge in [0.1, 0.15) is 18.0 Å². The van der Waals surface area contributed by atoms with Crippen LogP contribution in [0.4, 0.5) is 5.69 Å². The highest BCUT2D eigenvalue weighted by atomic mass is 16.6. The van der Waals surface area contributed by atoms with Crippen LogP contribution in [0.2, 0.25) is 0 Å². The second-order valence-corrected chi connectivity index (χ2v) is 7.59. The van der Waals surface area contributed by atoms with E-state index in [1.54, 1.807) is 38.9 Å². The Bertz CT molecular complexity index is 843. The van der Waals surface area contributed by atoms with Gasteiger partial charge in [-0.25, -0.2) is 0 Å². The zero-order chi connectivity index (χ0) is 19.6. The maximum atomic E-state index is 12.9. The summed E-state index contributed by atoms with van der Waals surface area (Å²) in [6.07, 6.45) is 1.71. The van der Waals surface area contributed by atoms with Crippen molar-refractivity contribution in [1.29, 1.82) is 0 Å². The molecule has 1 amide bonds. The predicted molar refractivity (Wildman–Crippen MR) is 103 cm³/mol. The zero-order valence-electron chi connectivity index (χ0n) is 16.1. The first kappa shape index (κ1) is 18.9. The number of hydrogen-bond donors (Lipinski definition) is 0. The largest absolute Gasteiger partial charge is 0.491 e. The molecule has 0 saturated heterocycles. The molecule has 0 fully saturated rings. The van der Waals surface area contributed by atoms with Gasteiger partial charge in [-0.3, -0.25) is 14.6 Å². The number of nitrogens with zero attached hydrogens (tertiary/aromatic N) is 2. The van der Waals surface area contributed by atoms with Gasteiger partial charge in [0.2, 0.25) is 5.91 Å². The minimum absolute atomic E-state index is 0.0124. The van der Waals surface area contributed by atoms with Crippen molar-refractivity contribution >= 4 is 17.6 Å². The summed E-state index contributed by atoms with van der Waals surface area (Å²) in [6.45, 7) is 5.55. The van der Waals surface area contributed by atoms with Crippen LogP contribution in [0.25, 0.3) is 11.3 Å². The van der Waals surface area contributed by atoms with Gasteiger partial charge in [0.25, 0.3) is 0 Å². The van der Waals surface area contributed by atoms with Gasteiger partial charge in [-0.05, 0) is 51.1 Å². The van der Waals surface area contributed by atoms with E-state index in [4.69, 9.17) is 9.47 Å². The summed E-state index contributed by atoms with van der Waals surface area (Å²) in [5.41, 5.74) is 1.78. The quantitative estimate of drug-likeness (QED) is 0.776. The van der Waals surface area contributed by atoms with Crippen molar-refractivity contribution in [2.24, 2.45) is 5.92 Å². The lowest BCUT2D eigenvalue weighted by atomic mass is 10.0. The molecule has 1 aliphatic heterocycles. The molecule has 2 heterocycles. The molecule has 1 aliphatic rings. The zero-order valence-corrected chi connectivity index (χ0v) is 16.1. The van der Waals surface area contributed by atoms with Crippen LogP contribution in [0.15, 0.2) is 42.6 Å². The summed E-state index contributed by atoms with van der Waals surface area (Å²) in [4.78, 5) is 30.9. The van der Waals surface area contributed by atoms with Crippen LogP contribution in [0, 0.1) is 5.92 Å². The fraction of sp³-hybridized carbons (Fsp3) is 0.381. The smallest absolute Gasteiger partial charge is 0.307 e. The van der Waals surface area contributed by atoms with Crippen molar-refractivity contribution < 1.29 is 19.1 Å². The SMILES string of the molecule is CN1C(=O)C(CC(=O)OC(C)(C)C)COc2ccc(-c3ccccn3)cc21.